The number of nitrogens with zero attached hydrogens (tertiary/aromatic N) is 3. The lowest BCUT2D eigenvalue weighted by Crippen LogP contribution is -2.48. The van der Waals surface area contributed by atoms with Gasteiger partial charge in [0.25, 0.3) is 0 Å². The standard InChI is InChI=1S/C33H48N10O5/c1-19(2)28(42-31(47)24(15-20(3)44)5-4-14-39-32(35)36)27(45)17-25(16-21-8-12-26(13-9-21)41-33(37)38)30(46)40-18-22-6-10-23(11-7-22)29(34)43-48/h6-13,19,24-25,28,48H,4-5,14-18H2,1-3H3,(H2,34,43)(H,40,46)(H,42,47)(H4,35,36,39)(H4,37,38,41)/t24-,25-,28+/m1/s1. The largest absolute Gasteiger partial charge is 0.409 e. The molecule has 48 heavy (non-hydrogen) atoms. The molecule has 13 N–H and O–H groups in total. The zero-order valence-corrected chi connectivity index (χ0v) is 27.7. The van der Waals surface area contributed by atoms with E-state index >= 15 is 0 Å². The van der Waals surface area contributed by atoms with Crippen LogP contribution in [-0.2, 0) is 32.1 Å². The topological polar surface area (TPSA) is 280 Å². The molecule has 0 aliphatic rings. The minimum Gasteiger partial charge on any atom is -0.409 e. The Bertz CT molecular complexity index is 1480. The maximum Gasteiger partial charge on any atom is 0.224 e. The summed E-state index contributed by atoms with van der Waals surface area (Å²) in [5, 5.41) is 17.6. The van der Waals surface area contributed by atoms with E-state index in [9.17, 15) is 19.2 Å². The summed E-state index contributed by atoms with van der Waals surface area (Å²) in [6, 6.07) is 12.8. The van der Waals surface area contributed by atoms with Crippen molar-refractivity contribution >= 4 is 46.8 Å². The first-order valence-corrected chi connectivity index (χ1v) is 15.6. The number of ketones is 2. The maximum atomic E-state index is 13.8. The Labute approximate surface area is 280 Å². The molecule has 0 aliphatic heterocycles. The maximum absolute atomic E-state index is 13.8. The smallest absolute Gasteiger partial charge is 0.224 e. The van der Waals surface area contributed by atoms with Crippen LogP contribution in [0, 0.1) is 17.8 Å². The molecule has 2 aromatic rings. The summed E-state index contributed by atoms with van der Waals surface area (Å²) in [7, 11) is 0. The van der Waals surface area contributed by atoms with Crippen LogP contribution in [0.1, 0.15) is 63.1 Å². The Balaban J connectivity index is 2.26. The van der Waals surface area contributed by atoms with E-state index in [0.29, 0.717) is 30.6 Å². The number of rotatable bonds is 19. The molecule has 0 bridgehead atoms. The Hall–Kier alpha value is -5.47. The molecule has 0 radical (unpaired) electrons. The number of hydrogen-bond donors (Lipinski definition) is 8. The van der Waals surface area contributed by atoms with Crippen molar-refractivity contribution in [3.8, 4) is 0 Å². The first kappa shape index (κ1) is 38.7. The van der Waals surface area contributed by atoms with Crippen LogP contribution in [0.15, 0.2) is 63.7 Å². The molecule has 0 unspecified atom stereocenters. The molecule has 3 atom stereocenters. The van der Waals surface area contributed by atoms with E-state index in [4.69, 9.17) is 33.9 Å². The predicted octanol–water partition coefficient (Wildman–Crippen LogP) is 0.910. The Morgan fingerprint density at radius 1 is 0.812 bits per heavy atom. The second-order valence-electron chi connectivity index (χ2n) is 12.0. The van der Waals surface area contributed by atoms with Gasteiger partial charge in [0.1, 0.15) is 5.78 Å². The molecule has 2 amide bonds. The molecule has 15 heteroatoms. The summed E-state index contributed by atoms with van der Waals surface area (Å²) in [5.74, 6) is -3.20. The zero-order valence-electron chi connectivity index (χ0n) is 27.7. The third kappa shape index (κ3) is 13.5. The molecule has 260 valence electrons. The highest BCUT2D eigenvalue weighted by Gasteiger charge is 2.31. The van der Waals surface area contributed by atoms with Gasteiger partial charge in [-0.25, -0.2) is 4.99 Å². The molecule has 0 aromatic heterocycles. The first-order valence-electron chi connectivity index (χ1n) is 15.6. The van der Waals surface area contributed by atoms with Gasteiger partial charge in [0.2, 0.25) is 11.8 Å². The molecule has 0 aliphatic carbocycles. The number of nitrogens with two attached hydrogens (primary N) is 5. The molecular formula is C33H48N10O5. The second kappa shape index (κ2) is 19.3. The molecule has 0 saturated heterocycles. The van der Waals surface area contributed by atoms with E-state index in [2.05, 4.69) is 25.8 Å². The quantitative estimate of drug-likeness (QED) is 0.0345. The van der Waals surface area contributed by atoms with Gasteiger partial charge >= 0.3 is 0 Å². The van der Waals surface area contributed by atoms with Crippen molar-refractivity contribution in [2.24, 2.45) is 61.6 Å². The SMILES string of the molecule is CC(=O)C[C@@H](CCCN=C(N)N)C(=O)N[C@H](C(=O)C[C@@H](Cc1ccc(N=C(N)N)cc1)C(=O)NCc1ccc(/C(N)=N/O)cc1)C(C)C. The van der Waals surface area contributed by atoms with Crippen molar-refractivity contribution in [1.82, 2.24) is 10.6 Å². The lowest BCUT2D eigenvalue weighted by molar-refractivity contribution is -0.134. The highest BCUT2D eigenvalue weighted by Crippen LogP contribution is 2.21. The van der Waals surface area contributed by atoms with Gasteiger partial charge in [-0.1, -0.05) is 55.4 Å². The van der Waals surface area contributed by atoms with Gasteiger partial charge in [-0.15, -0.1) is 0 Å². The van der Waals surface area contributed by atoms with Gasteiger partial charge in [-0.2, -0.15) is 0 Å². The van der Waals surface area contributed by atoms with E-state index < -0.39 is 23.8 Å². The summed E-state index contributed by atoms with van der Waals surface area (Å²) in [5.41, 5.74) is 29.9. The lowest BCUT2D eigenvalue weighted by atomic mass is 9.87. The van der Waals surface area contributed by atoms with Crippen molar-refractivity contribution in [2.75, 3.05) is 6.54 Å². The fraction of sp³-hybridized carbons (Fsp3) is 0.424. The zero-order chi connectivity index (χ0) is 35.8. The van der Waals surface area contributed by atoms with Gasteiger partial charge in [-0.05, 0) is 55.4 Å². The van der Waals surface area contributed by atoms with Crippen molar-refractivity contribution < 1.29 is 24.4 Å². The molecule has 0 saturated carbocycles. The van der Waals surface area contributed by atoms with Gasteiger partial charge in [0.05, 0.1) is 11.7 Å². The van der Waals surface area contributed by atoms with E-state index in [1.807, 2.05) is 0 Å². The van der Waals surface area contributed by atoms with Gasteiger partial charge < -0.3 is 49.3 Å². The van der Waals surface area contributed by atoms with Crippen LogP contribution in [0.4, 0.5) is 5.69 Å². The van der Waals surface area contributed by atoms with Crippen LogP contribution in [0.5, 0.6) is 0 Å². The minimum absolute atomic E-state index is 0.00785. The number of amidine groups is 1. The van der Waals surface area contributed by atoms with Crippen LogP contribution in [0.3, 0.4) is 0 Å². The fourth-order valence-corrected chi connectivity index (χ4v) is 5.06. The molecule has 0 heterocycles. The number of hydrogen-bond acceptors (Lipinski definition) is 8. The Morgan fingerprint density at radius 3 is 1.98 bits per heavy atom. The van der Waals surface area contributed by atoms with Crippen molar-refractivity contribution in [3.05, 3.63) is 65.2 Å². The molecule has 0 fully saturated rings. The molecular weight excluding hydrogens is 616 g/mol. The lowest BCUT2D eigenvalue weighted by Gasteiger charge is -2.26. The van der Waals surface area contributed by atoms with Gasteiger partial charge in [0, 0.05) is 43.3 Å². The number of guanidine groups is 2. The van der Waals surface area contributed by atoms with Crippen molar-refractivity contribution in [3.63, 3.8) is 0 Å². The number of Topliss-reactive ketones (excluding diaryl/α,β-unsaturated/α-hetero) is 2. The first-order chi connectivity index (χ1) is 22.7. The number of aliphatic imine (C=N–C) groups is 2. The van der Waals surface area contributed by atoms with Crippen molar-refractivity contribution in [1.29, 1.82) is 0 Å². The predicted molar refractivity (Wildman–Crippen MR) is 185 cm³/mol. The summed E-state index contributed by atoms with van der Waals surface area (Å²) in [6.45, 7) is 5.48. The van der Waals surface area contributed by atoms with Crippen LogP contribution < -0.4 is 39.3 Å². The van der Waals surface area contributed by atoms with Gasteiger partial charge in [-0.3, -0.25) is 19.4 Å². The van der Waals surface area contributed by atoms with E-state index in [1.54, 1.807) is 62.4 Å². The van der Waals surface area contributed by atoms with Crippen LogP contribution >= 0.6 is 0 Å². The Kier molecular flexibility index (Phi) is 15.5. The van der Waals surface area contributed by atoms with Crippen LogP contribution in [0.25, 0.3) is 0 Å². The monoisotopic (exact) mass is 664 g/mol. The Morgan fingerprint density at radius 2 is 1.44 bits per heavy atom. The molecule has 15 nitrogen and oxygen atoms in total. The summed E-state index contributed by atoms with van der Waals surface area (Å²) < 4.78 is 0. The number of oxime groups is 1. The summed E-state index contributed by atoms with van der Waals surface area (Å²) in [4.78, 5) is 60.6. The molecule has 2 rings (SSSR count). The molecule has 2 aromatic carbocycles. The number of carbonyl (C=O) groups is 4. The number of nitrogens with one attached hydrogen (secondary N) is 2. The number of carbonyl (C=O) groups excluding carboxylic acids is 4. The number of amides is 2. The molecule has 0 spiro atoms. The summed E-state index contributed by atoms with van der Waals surface area (Å²) >= 11 is 0. The minimum atomic E-state index is -0.893. The average molecular weight is 665 g/mol. The van der Waals surface area contributed by atoms with Crippen molar-refractivity contribution in [2.45, 2.75) is 65.5 Å². The summed E-state index contributed by atoms with van der Waals surface area (Å²) in [6.07, 6.45) is 0.892. The highest BCUT2D eigenvalue weighted by molar-refractivity contribution is 5.97. The van der Waals surface area contributed by atoms with Crippen LogP contribution in [0.2, 0.25) is 0 Å². The third-order valence-corrected chi connectivity index (χ3v) is 7.54. The average Bonchev–Trinajstić information content (AvgIpc) is 3.03. The third-order valence-electron chi connectivity index (χ3n) is 7.54. The van der Waals surface area contributed by atoms with Gasteiger partial charge in [0.15, 0.2) is 23.5 Å². The van der Waals surface area contributed by atoms with E-state index in [0.717, 1.165) is 11.1 Å². The van der Waals surface area contributed by atoms with Crippen LogP contribution in [-0.4, -0.2) is 58.9 Å². The normalized spacial score (nSPS) is 13.1. The van der Waals surface area contributed by atoms with E-state index in [1.165, 1.54) is 6.92 Å². The number of benzene rings is 2. The second-order valence-corrected chi connectivity index (χ2v) is 12.0. The highest BCUT2D eigenvalue weighted by atomic mass is 16.4. The fourth-order valence-electron chi connectivity index (χ4n) is 5.06. The van der Waals surface area contributed by atoms with E-state index in [-0.39, 0.29) is 67.0 Å².